The maximum absolute atomic E-state index is 13.5. The van der Waals surface area contributed by atoms with Gasteiger partial charge in [0.15, 0.2) is 0 Å². The Morgan fingerprint density at radius 2 is 2.11 bits per heavy atom. The van der Waals surface area contributed by atoms with Crippen LogP contribution in [-0.2, 0) is 11.2 Å². The number of nitrogens with one attached hydrogen (secondary N) is 1. The lowest BCUT2D eigenvalue weighted by molar-refractivity contribution is 0.138. The molecule has 102 valence electrons. The van der Waals surface area contributed by atoms with Crippen LogP contribution in [0.2, 0.25) is 5.02 Å². The molecule has 1 aromatic rings. The van der Waals surface area contributed by atoms with E-state index in [9.17, 15) is 4.39 Å². The second-order valence-corrected chi connectivity index (χ2v) is 5.23. The third kappa shape index (κ3) is 5.65. The SMILES string of the molecule is CCCNCCOCCc1cc(Cl)c(Br)cc1F. The summed E-state index contributed by atoms with van der Waals surface area (Å²) >= 11 is 9.10. The zero-order valence-electron chi connectivity index (χ0n) is 10.4. The van der Waals surface area contributed by atoms with Crippen LogP contribution in [0.5, 0.6) is 0 Å². The van der Waals surface area contributed by atoms with Crippen molar-refractivity contribution in [3.05, 3.63) is 33.0 Å². The molecule has 0 aromatic heterocycles. The van der Waals surface area contributed by atoms with E-state index >= 15 is 0 Å². The smallest absolute Gasteiger partial charge is 0.127 e. The highest BCUT2D eigenvalue weighted by atomic mass is 79.9. The van der Waals surface area contributed by atoms with Gasteiger partial charge in [-0.3, -0.25) is 0 Å². The Hall–Kier alpha value is -0.160. The van der Waals surface area contributed by atoms with Crippen LogP contribution in [0, 0.1) is 5.82 Å². The zero-order valence-corrected chi connectivity index (χ0v) is 12.8. The van der Waals surface area contributed by atoms with Crippen molar-refractivity contribution in [2.45, 2.75) is 19.8 Å². The zero-order chi connectivity index (χ0) is 13.4. The van der Waals surface area contributed by atoms with Crippen LogP contribution < -0.4 is 5.32 Å². The van der Waals surface area contributed by atoms with Gasteiger partial charge in [-0.15, -0.1) is 0 Å². The Morgan fingerprint density at radius 1 is 1.33 bits per heavy atom. The predicted octanol–water partition coefficient (Wildman–Crippen LogP) is 3.80. The highest BCUT2D eigenvalue weighted by Crippen LogP contribution is 2.25. The average molecular weight is 339 g/mol. The first-order chi connectivity index (χ1) is 8.65. The second kappa shape index (κ2) is 8.86. The van der Waals surface area contributed by atoms with Crippen LogP contribution in [0.4, 0.5) is 4.39 Å². The van der Waals surface area contributed by atoms with Gasteiger partial charge in [0.2, 0.25) is 0 Å². The molecule has 1 N–H and O–H groups in total. The maximum atomic E-state index is 13.5. The van der Waals surface area contributed by atoms with E-state index in [2.05, 4.69) is 28.2 Å². The number of halogens is 3. The summed E-state index contributed by atoms with van der Waals surface area (Å²) in [5, 5.41) is 3.76. The van der Waals surface area contributed by atoms with Crippen LogP contribution in [0.25, 0.3) is 0 Å². The van der Waals surface area contributed by atoms with Crippen LogP contribution in [0.3, 0.4) is 0 Å². The third-order valence-corrected chi connectivity index (χ3v) is 3.65. The molecule has 0 aliphatic rings. The van der Waals surface area contributed by atoms with Crippen molar-refractivity contribution >= 4 is 27.5 Å². The molecule has 1 aromatic carbocycles. The van der Waals surface area contributed by atoms with Crippen LogP contribution in [0.1, 0.15) is 18.9 Å². The summed E-state index contributed by atoms with van der Waals surface area (Å²) in [7, 11) is 0. The Kier molecular flexibility index (Phi) is 7.82. The molecule has 0 heterocycles. The normalized spacial score (nSPS) is 10.9. The quantitative estimate of drug-likeness (QED) is 0.575. The van der Waals surface area contributed by atoms with Gasteiger partial charge >= 0.3 is 0 Å². The fourth-order valence-electron chi connectivity index (χ4n) is 1.49. The Morgan fingerprint density at radius 3 is 2.83 bits per heavy atom. The molecule has 0 saturated heterocycles. The molecule has 0 bridgehead atoms. The van der Waals surface area contributed by atoms with Gasteiger partial charge in [-0.05, 0) is 53.0 Å². The van der Waals surface area contributed by atoms with Gasteiger partial charge in [0.05, 0.1) is 18.2 Å². The standard InChI is InChI=1S/C13H18BrClFNO/c1-2-4-17-5-7-18-6-3-10-8-12(15)11(14)9-13(10)16/h8-9,17H,2-7H2,1H3. The van der Waals surface area contributed by atoms with Crippen molar-refractivity contribution in [3.8, 4) is 0 Å². The van der Waals surface area contributed by atoms with Crippen molar-refractivity contribution in [2.24, 2.45) is 0 Å². The van der Waals surface area contributed by atoms with E-state index in [-0.39, 0.29) is 5.82 Å². The lowest BCUT2D eigenvalue weighted by Gasteiger charge is -2.07. The minimum Gasteiger partial charge on any atom is -0.380 e. The molecule has 0 atom stereocenters. The van der Waals surface area contributed by atoms with Crippen LogP contribution in [0.15, 0.2) is 16.6 Å². The first-order valence-corrected chi connectivity index (χ1v) is 7.24. The molecule has 0 fully saturated rings. The summed E-state index contributed by atoms with van der Waals surface area (Å²) < 4.78 is 19.6. The van der Waals surface area contributed by atoms with Gasteiger partial charge in [0, 0.05) is 11.0 Å². The molecule has 2 nitrogen and oxygen atoms in total. The Balaban J connectivity index is 2.25. The molecule has 0 aliphatic carbocycles. The van der Waals surface area contributed by atoms with E-state index in [1.165, 1.54) is 6.07 Å². The minimum absolute atomic E-state index is 0.251. The molecule has 0 unspecified atom stereocenters. The highest BCUT2D eigenvalue weighted by Gasteiger charge is 2.06. The molecule has 0 radical (unpaired) electrons. The predicted molar refractivity (Wildman–Crippen MR) is 76.8 cm³/mol. The average Bonchev–Trinajstić information content (AvgIpc) is 2.34. The van der Waals surface area contributed by atoms with Gasteiger partial charge in [-0.25, -0.2) is 4.39 Å². The summed E-state index contributed by atoms with van der Waals surface area (Å²) in [4.78, 5) is 0. The van der Waals surface area contributed by atoms with Crippen molar-refractivity contribution in [1.82, 2.24) is 5.32 Å². The minimum atomic E-state index is -0.251. The molecule has 0 amide bonds. The molecular formula is C13H18BrClFNO. The number of ether oxygens (including phenoxy) is 1. The fraction of sp³-hybridized carbons (Fsp3) is 0.538. The monoisotopic (exact) mass is 337 g/mol. The number of hydrogen-bond acceptors (Lipinski definition) is 2. The molecule has 5 heteroatoms. The third-order valence-electron chi connectivity index (χ3n) is 2.46. The Labute approximate surface area is 121 Å². The summed E-state index contributed by atoms with van der Waals surface area (Å²) in [5.74, 6) is -0.251. The maximum Gasteiger partial charge on any atom is 0.127 e. The lowest BCUT2D eigenvalue weighted by Crippen LogP contribution is -2.20. The highest BCUT2D eigenvalue weighted by molar-refractivity contribution is 9.10. The largest absolute Gasteiger partial charge is 0.380 e. The van der Waals surface area contributed by atoms with Gasteiger partial charge in [-0.2, -0.15) is 0 Å². The van der Waals surface area contributed by atoms with Gasteiger partial charge < -0.3 is 10.1 Å². The number of rotatable bonds is 8. The molecule has 18 heavy (non-hydrogen) atoms. The van der Waals surface area contributed by atoms with Crippen LogP contribution in [-0.4, -0.2) is 26.3 Å². The second-order valence-electron chi connectivity index (χ2n) is 3.97. The molecule has 1 rings (SSSR count). The van der Waals surface area contributed by atoms with Crippen molar-refractivity contribution < 1.29 is 9.13 Å². The van der Waals surface area contributed by atoms with E-state index in [4.69, 9.17) is 16.3 Å². The molecule has 0 aliphatic heterocycles. The number of benzene rings is 1. The van der Waals surface area contributed by atoms with Gasteiger partial charge in [0.25, 0.3) is 0 Å². The van der Waals surface area contributed by atoms with Gasteiger partial charge in [-0.1, -0.05) is 18.5 Å². The summed E-state index contributed by atoms with van der Waals surface area (Å²) in [6.45, 7) is 5.10. The Bertz CT molecular complexity index is 376. The lowest BCUT2D eigenvalue weighted by atomic mass is 10.1. The van der Waals surface area contributed by atoms with Crippen molar-refractivity contribution in [2.75, 3.05) is 26.3 Å². The fourth-order valence-corrected chi connectivity index (χ4v) is 1.99. The summed E-state index contributed by atoms with van der Waals surface area (Å²) in [5.41, 5.74) is 0.588. The first kappa shape index (κ1) is 15.9. The number of hydrogen-bond donors (Lipinski definition) is 1. The van der Waals surface area contributed by atoms with E-state index in [0.717, 1.165) is 19.5 Å². The molecular weight excluding hydrogens is 321 g/mol. The van der Waals surface area contributed by atoms with Crippen LogP contribution >= 0.6 is 27.5 Å². The van der Waals surface area contributed by atoms with E-state index in [1.54, 1.807) is 6.07 Å². The summed E-state index contributed by atoms with van der Waals surface area (Å²) in [6.07, 6.45) is 1.65. The van der Waals surface area contributed by atoms with Crippen molar-refractivity contribution in [1.29, 1.82) is 0 Å². The molecule has 0 saturated carbocycles. The van der Waals surface area contributed by atoms with E-state index < -0.39 is 0 Å². The van der Waals surface area contributed by atoms with Gasteiger partial charge in [0.1, 0.15) is 5.82 Å². The molecule has 0 spiro atoms. The summed E-state index contributed by atoms with van der Waals surface area (Å²) in [6, 6.07) is 3.03. The van der Waals surface area contributed by atoms with E-state index in [0.29, 0.717) is 34.7 Å². The van der Waals surface area contributed by atoms with Crippen molar-refractivity contribution in [3.63, 3.8) is 0 Å². The first-order valence-electron chi connectivity index (χ1n) is 6.07. The van der Waals surface area contributed by atoms with E-state index in [1.807, 2.05) is 0 Å². The topological polar surface area (TPSA) is 21.3 Å².